The Balaban J connectivity index is 2.28. The number of halogens is 1. The first-order chi connectivity index (χ1) is 8.45. The van der Waals surface area contributed by atoms with Crippen LogP contribution in [0.1, 0.15) is 25.3 Å². The summed E-state index contributed by atoms with van der Waals surface area (Å²) in [5.74, 6) is 0.510. The van der Waals surface area contributed by atoms with Gasteiger partial charge in [0, 0.05) is 17.6 Å². The third-order valence-electron chi connectivity index (χ3n) is 3.59. The number of hydrogen-bond donors (Lipinski definition) is 0. The maximum atomic E-state index is 12.5. The molecule has 0 aromatic heterocycles. The molecule has 1 fully saturated rings. The van der Waals surface area contributed by atoms with E-state index in [1.165, 1.54) is 0 Å². The smallest absolute Gasteiger partial charge is 0.207 e. The fraction of sp³-hybridized carbons (Fsp3) is 0.538. The minimum atomic E-state index is -3.31. The SMILES string of the molecule is CCC1CCN(S(=O)(=O)c2ccc(Br)c(C)c2)C1. The lowest BCUT2D eigenvalue weighted by atomic mass is 10.1. The number of rotatable bonds is 3. The second-order valence-corrected chi connectivity index (χ2v) is 7.63. The predicted octanol–water partition coefficient (Wildman–Crippen LogP) is 3.18. The van der Waals surface area contributed by atoms with Crippen molar-refractivity contribution >= 4 is 26.0 Å². The maximum Gasteiger partial charge on any atom is 0.243 e. The van der Waals surface area contributed by atoms with E-state index in [0.29, 0.717) is 23.9 Å². The molecule has 1 aromatic carbocycles. The van der Waals surface area contributed by atoms with E-state index < -0.39 is 10.0 Å². The summed E-state index contributed by atoms with van der Waals surface area (Å²) >= 11 is 3.39. The van der Waals surface area contributed by atoms with Gasteiger partial charge in [0.25, 0.3) is 0 Å². The molecule has 1 atom stereocenters. The molecular formula is C13H18BrNO2S. The van der Waals surface area contributed by atoms with Gasteiger partial charge in [-0.3, -0.25) is 0 Å². The highest BCUT2D eigenvalue weighted by molar-refractivity contribution is 9.10. The summed E-state index contributed by atoms with van der Waals surface area (Å²) in [6.07, 6.45) is 2.02. The molecule has 3 nitrogen and oxygen atoms in total. The minimum Gasteiger partial charge on any atom is -0.207 e. The standard InChI is InChI=1S/C13H18BrNO2S/c1-3-11-6-7-15(9-11)18(16,17)12-4-5-13(14)10(2)8-12/h4-5,8,11H,3,6-7,9H2,1-2H3. The van der Waals surface area contributed by atoms with Crippen molar-refractivity contribution in [3.63, 3.8) is 0 Å². The molecule has 5 heteroatoms. The summed E-state index contributed by atoms with van der Waals surface area (Å²) in [4.78, 5) is 0.403. The van der Waals surface area contributed by atoms with E-state index >= 15 is 0 Å². The molecule has 0 amide bonds. The molecule has 0 aliphatic carbocycles. The van der Waals surface area contributed by atoms with Crippen molar-refractivity contribution in [3.8, 4) is 0 Å². The third kappa shape index (κ3) is 2.63. The van der Waals surface area contributed by atoms with E-state index in [0.717, 1.165) is 22.9 Å². The molecule has 0 bridgehead atoms. The van der Waals surface area contributed by atoms with Crippen LogP contribution in [0.25, 0.3) is 0 Å². The Morgan fingerprint density at radius 1 is 1.44 bits per heavy atom. The number of hydrogen-bond acceptors (Lipinski definition) is 2. The van der Waals surface area contributed by atoms with Crippen molar-refractivity contribution < 1.29 is 8.42 Å². The van der Waals surface area contributed by atoms with E-state index in [1.807, 2.05) is 6.92 Å². The highest BCUT2D eigenvalue weighted by Gasteiger charge is 2.31. The van der Waals surface area contributed by atoms with Crippen LogP contribution in [-0.4, -0.2) is 25.8 Å². The van der Waals surface area contributed by atoms with E-state index in [-0.39, 0.29) is 0 Å². The Kier molecular flexibility index (Phi) is 4.14. The van der Waals surface area contributed by atoms with Crippen LogP contribution in [0.4, 0.5) is 0 Å². The van der Waals surface area contributed by atoms with Gasteiger partial charge < -0.3 is 0 Å². The van der Waals surface area contributed by atoms with Crippen molar-refractivity contribution in [2.24, 2.45) is 5.92 Å². The molecule has 1 saturated heterocycles. The van der Waals surface area contributed by atoms with E-state index in [1.54, 1.807) is 22.5 Å². The fourth-order valence-electron chi connectivity index (χ4n) is 2.28. The van der Waals surface area contributed by atoms with Gasteiger partial charge in [0.05, 0.1) is 4.90 Å². The lowest BCUT2D eigenvalue weighted by molar-refractivity contribution is 0.453. The number of sulfonamides is 1. The molecule has 18 heavy (non-hydrogen) atoms. The van der Waals surface area contributed by atoms with E-state index in [2.05, 4.69) is 22.9 Å². The minimum absolute atomic E-state index is 0.403. The predicted molar refractivity (Wildman–Crippen MR) is 76.0 cm³/mol. The van der Waals surface area contributed by atoms with Crippen LogP contribution >= 0.6 is 15.9 Å². The third-order valence-corrected chi connectivity index (χ3v) is 6.34. The van der Waals surface area contributed by atoms with E-state index in [9.17, 15) is 8.42 Å². The van der Waals surface area contributed by atoms with Crippen molar-refractivity contribution in [2.45, 2.75) is 31.6 Å². The van der Waals surface area contributed by atoms with Gasteiger partial charge >= 0.3 is 0 Å². The molecule has 2 rings (SSSR count). The van der Waals surface area contributed by atoms with Crippen LogP contribution in [0.5, 0.6) is 0 Å². The quantitative estimate of drug-likeness (QED) is 0.853. The first-order valence-corrected chi connectivity index (χ1v) is 8.44. The largest absolute Gasteiger partial charge is 0.243 e. The topological polar surface area (TPSA) is 37.4 Å². The maximum absolute atomic E-state index is 12.5. The van der Waals surface area contributed by atoms with Crippen LogP contribution in [-0.2, 0) is 10.0 Å². The molecule has 1 unspecified atom stereocenters. The average molecular weight is 332 g/mol. The zero-order valence-electron chi connectivity index (χ0n) is 10.7. The van der Waals surface area contributed by atoms with Crippen LogP contribution in [0.2, 0.25) is 0 Å². The molecule has 0 N–H and O–H groups in total. The van der Waals surface area contributed by atoms with Gasteiger partial charge in [-0.25, -0.2) is 8.42 Å². The molecular weight excluding hydrogens is 314 g/mol. The molecule has 0 spiro atoms. The normalized spacial score (nSPS) is 21.4. The number of benzene rings is 1. The molecule has 1 heterocycles. The Bertz CT molecular complexity index is 542. The molecule has 1 aliphatic heterocycles. The first kappa shape index (κ1) is 14.0. The summed E-state index contributed by atoms with van der Waals surface area (Å²) in [6, 6.07) is 5.21. The molecule has 100 valence electrons. The second-order valence-electron chi connectivity index (χ2n) is 4.84. The van der Waals surface area contributed by atoms with Crippen molar-refractivity contribution in [1.82, 2.24) is 4.31 Å². The summed E-state index contributed by atoms with van der Waals surface area (Å²) in [5.41, 5.74) is 0.947. The highest BCUT2D eigenvalue weighted by atomic mass is 79.9. The van der Waals surface area contributed by atoms with Gasteiger partial charge in [-0.2, -0.15) is 4.31 Å². The highest BCUT2D eigenvalue weighted by Crippen LogP contribution is 2.27. The molecule has 0 saturated carbocycles. The number of nitrogens with zero attached hydrogens (tertiary/aromatic N) is 1. The monoisotopic (exact) mass is 331 g/mol. The van der Waals surface area contributed by atoms with Gasteiger partial charge in [0.2, 0.25) is 10.0 Å². The van der Waals surface area contributed by atoms with Gasteiger partial charge in [0.1, 0.15) is 0 Å². The first-order valence-electron chi connectivity index (χ1n) is 6.21. The summed E-state index contributed by atoms with van der Waals surface area (Å²) in [6.45, 7) is 5.33. The van der Waals surface area contributed by atoms with Gasteiger partial charge in [-0.15, -0.1) is 0 Å². The number of aryl methyl sites for hydroxylation is 1. The summed E-state index contributed by atoms with van der Waals surface area (Å²) in [7, 11) is -3.31. The van der Waals surface area contributed by atoms with Gasteiger partial charge in [0.15, 0.2) is 0 Å². The fourth-order valence-corrected chi connectivity index (χ4v) is 4.14. The summed E-state index contributed by atoms with van der Waals surface area (Å²) in [5, 5.41) is 0. The average Bonchev–Trinajstić information content (AvgIpc) is 2.81. The van der Waals surface area contributed by atoms with Crippen molar-refractivity contribution in [3.05, 3.63) is 28.2 Å². The Hall–Kier alpha value is -0.390. The van der Waals surface area contributed by atoms with E-state index in [4.69, 9.17) is 0 Å². The molecule has 1 aliphatic rings. The van der Waals surface area contributed by atoms with Crippen LogP contribution in [0.15, 0.2) is 27.6 Å². The van der Waals surface area contributed by atoms with Gasteiger partial charge in [-0.1, -0.05) is 29.3 Å². The Morgan fingerprint density at radius 2 is 2.17 bits per heavy atom. The zero-order chi connectivity index (χ0) is 13.3. The van der Waals surface area contributed by atoms with Crippen molar-refractivity contribution in [2.75, 3.05) is 13.1 Å². The lowest BCUT2D eigenvalue weighted by Gasteiger charge is -2.17. The summed E-state index contributed by atoms with van der Waals surface area (Å²) < 4.78 is 27.5. The van der Waals surface area contributed by atoms with Crippen molar-refractivity contribution in [1.29, 1.82) is 0 Å². The second kappa shape index (κ2) is 5.31. The molecule has 0 radical (unpaired) electrons. The van der Waals surface area contributed by atoms with Crippen LogP contribution < -0.4 is 0 Å². The van der Waals surface area contributed by atoms with Crippen LogP contribution in [0, 0.1) is 12.8 Å². The Morgan fingerprint density at radius 3 is 2.72 bits per heavy atom. The lowest BCUT2D eigenvalue weighted by Crippen LogP contribution is -2.28. The van der Waals surface area contributed by atoms with Crippen LogP contribution in [0.3, 0.4) is 0 Å². The van der Waals surface area contributed by atoms with Gasteiger partial charge in [-0.05, 0) is 43.0 Å². The Labute approximate surface area is 117 Å². The molecule has 1 aromatic rings. The zero-order valence-corrected chi connectivity index (χ0v) is 13.1.